The lowest BCUT2D eigenvalue weighted by Gasteiger charge is -2.07. The van der Waals surface area contributed by atoms with Gasteiger partial charge in [0.1, 0.15) is 0 Å². The van der Waals surface area contributed by atoms with Crippen LogP contribution in [-0.2, 0) is 12.8 Å². The summed E-state index contributed by atoms with van der Waals surface area (Å²) in [6.07, 6.45) is 2.22. The Bertz CT molecular complexity index is 457. The molecule has 0 unspecified atom stereocenters. The highest BCUT2D eigenvalue weighted by molar-refractivity contribution is 9.10. The molecule has 0 fully saturated rings. The van der Waals surface area contributed by atoms with Gasteiger partial charge in [-0.2, -0.15) is 0 Å². The highest BCUT2D eigenvalue weighted by Gasteiger charge is 2.08. The van der Waals surface area contributed by atoms with E-state index in [-0.39, 0.29) is 0 Å². The predicted molar refractivity (Wildman–Crippen MR) is 68.3 cm³/mol. The van der Waals surface area contributed by atoms with Gasteiger partial charge in [-0.25, -0.2) is 0 Å². The molecule has 1 aromatic heterocycles. The second-order valence-corrected chi connectivity index (χ2v) is 5.09. The van der Waals surface area contributed by atoms with Gasteiger partial charge in [0, 0.05) is 9.17 Å². The number of fused-ring (bicyclic) bond motifs is 1. The first-order valence-electron chi connectivity index (χ1n) is 4.95. The second-order valence-electron chi connectivity index (χ2n) is 3.38. The summed E-state index contributed by atoms with van der Waals surface area (Å²) in [6.45, 7) is 4.43. The van der Waals surface area contributed by atoms with Gasteiger partial charge in [0.2, 0.25) is 0 Å². The molecule has 1 aromatic carbocycles. The molecule has 2 heteroatoms. The van der Waals surface area contributed by atoms with E-state index in [2.05, 4.69) is 47.3 Å². The van der Waals surface area contributed by atoms with Crippen molar-refractivity contribution in [1.29, 1.82) is 0 Å². The van der Waals surface area contributed by atoms with E-state index in [4.69, 9.17) is 0 Å². The van der Waals surface area contributed by atoms with Crippen molar-refractivity contribution in [2.75, 3.05) is 0 Å². The monoisotopic (exact) mass is 268 g/mol. The van der Waals surface area contributed by atoms with E-state index < -0.39 is 0 Å². The van der Waals surface area contributed by atoms with E-state index in [1.54, 1.807) is 0 Å². The highest BCUT2D eigenvalue weighted by Crippen LogP contribution is 2.35. The molecular weight excluding hydrogens is 256 g/mol. The lowest BCUT2D eigenvalue weighted by molar-refractivity contribution is 1.10. The molecule has 0 N–H and O–H groups in total. The zero-order valence-electron chi connectivity index (χ0n) is 8.43. The minimum Gasteiger partial charge on any atom is -0.143 e. The Kier molecular flexibility index (Phi) is 2.93. The number of benzene rings is 1. The Morgan fingerprint density at radius 3 is 2.57 bits per heavy atom. The molecule has 0 spiro atoms. The average Bonchev–Trinajstić information content (AvgIpc) is 2.68. The van der Waals surface area contributed by atoms with Gasteiger partial charge < -0.3 is 0 Å². The van der Waals surface area contributed by atoms with Crippen molar-refractivity contribution < 1.29 is 0 Å². The molecule has 0 saturated heterocycles. The van der Waals surface area contributed by atoms with Crippen LogP contribution in [0.25, 0.3) is 10.1 Å². The van der Waals surface area contributed by atoms with Crippen molar-refractivity contribution in [1.82, 2.24) is 0 Å². The fourth-order valence-corrected chi connectivity index (χ4v) is 3.57. The first kappa shape index (κ1) is 10.2. The van der Waals surface area contributed by atoms with E-state index in [9.17, 15) is 0 Å². The average molecular weight is 269 g/mol. The minimum absolute atomic E-state index is 1.10. The van der Waals surface area contributed by atoms with Gasteiger partial charge in [0.25, 0.3) is 0 Å². The summed E-state index contributed by atoms with van der Waals surface area (Å²) in [5, 5.41) is 3.59. The fraction of sp³-hybridized carbons (Fsp3) is 0.333. The molecular formula is C12H13BrS. The van der Waals surface area contributed by atoms with E-state index in [1.165, 1.54) is 25.7 Å². The van der Waals surface area contributed by atoms with Crippen LogP contribution in [0.2, 0.25) is 0 Å². The molecule has 0 nitrogen and oxygen atoms in total. The Balaban J connectivity index is 2.80. The first-order chi connectivity index (χ1) is 6.77. The minimum atomic E-state index is 1.10. The Morgan fingerprint density at radius 2 is 1.93 bits per heavy atom. The number of hydrogen-bond donors (Lipinski definition) is 0. The Labute approximate surface area is 97.1 Å². The van der Waals surface area contributed by atoms with Gasteiger partial charge in [0.15, 0.2) is 0 Å². The molecule has 0 atom stereocenters. The van der Waals surface area contributed by atoms with Gasteiger partial charge in [0.05, 0.1) is 0 Å². The first-order valence-corrected chi connectivity index (χ1v) is 6.62. The molecule has 0 aliphatic heterocycles. The summed E-state index contributed by atoms with van der Waals surface area (Å²) in [4.78, 5) is 0. The Morgan fingerprint density at radius 1 is 1.21 bits per heavy atom. The third kappa shape index (κ3) is 1.51. The molecule has 0 aliphatic rings. The lowest BCUT2D eigenvalue weighted by atomic mass is 10.0. The predicted octanol–water partition coefficient (Wildman–Crippen LogP) is 4.79. The lowest BCUT2D eigenvalue weighted by Crippen LogP contribution is -1.88. The van der Waals surface area contributed by atoms with E-state index in [0.717, 1.165) is 12.8 Å². The third-order valence-electron chi connectivity index (χ3n) is 2.60. The van der Waals surface area contributed by atoms with Crippen LogP contribution in [-0.4, -0.2) is 0 Å². The van der Waals surface area contributed by atoms with Crippen LogP contribution < -0.4 is 0 Å². The molecule has 0 saturated carbocycles. The largest absolute Gasteiger partial charge is 0.143 e. The van der Waals surface area contributed by atoms with Crippen LogP contribution in [0.3, 0.4) is 0 Å². The van der Waals surface area contributed by atoms with Crippen LogP contribution >= 0.6 is 27.3 Å². The Hall–Kier alpha value is -0.340. The number of thiophene rings is 1. The van der Waals surface area contributed by atoms with Gasteiger partial charge in [-0.1, -0.05) is 19.9 Å². The van der Waals surface area contributed by atoms with Gasteiger partial charge >= 0.3 is 0 Å². The zero-order chi connectivity index (χ0) is 10.1. The summed E-state index contributed by atoms with van der Waals surface area (Å²) in [7, 11) is 0. The topological polar surface area (TPSA) is 0 Å². The van der Waals surface area contributed by atoms with Crippen LogP contribution in [0.5, 0.6) is 0 Å². The SMILES string of the molecule is CCc1cc(CC)c2ccsc2c1Br. The van der Waals surface area contributed by atoms with Crippen LogP contribution in [0.1, 0.15) is 25.0 Å². The van der Waals surface area contributed by atoms with Crippen LogP contribution in [0, 0.1) is 0 Å². The quantitative estimate of drug-likeness (QED) is 0.735. The summed E-state index contributed by atoms with van der Waals surface area (Å²) in [5.74, 6) is 0. The van der Waals surface area contributed by atoms with Crippen molar-refractivity contribution in [2.45, 2.75) is 26.7 Å². The second kappa shape index (κ2) is 4.03. The van der Waals surface area contributed by atoms with Crippen molar-refractivity contribution >= 4 is 37.4 Å². The third-order valence-corrected chi connectivity index (χ3v) is 4.70. The van der Waals surface area contributed by atoms with Crippen molar-refractivity contribution in [3.05, 3.63) is 33.1 Å². The number of aryl methyl sites for hydroxylation is 2. The molecule has 0 aliphatic carbocycles. The van der Waals surface area contributed by atoms with E-state index in [0.29, 0.717) is 0 Å². The number of rotatable bonds is 2. The molecule has 0 amide bonds. The number of halogens is 1. The molecule has 2 rings (SSSR count). The van der Waals surface area contributed by atoms with Crippen molar-refractivity contribution in [3.8, 4) is 0 Å². The molecule has 0 bridgehead atoms. The van der Waals surface area contributed by atoms with Crippen LogP contribution in [0.15, 0.2) is 22.0 Å². The van der Waals surface area contributed by atoms with E-state index in [1.807, 2.05) is 11.3 Å². The molecule has 2 aromatic rings. The summed E-state index contributed by atoms with van der Waals surface area (Å²) >= 11 is 5.52. The van der Waals surface area contributed by atoms with Crippen LogP contribution in [0.4, 0.5) is 0 Å². The van der Waals surface area contributed by atoms with Gasteiger partial charge in [-0.05, 0) is 56.7 Å². The van der Waals surface area contributed by atoms with Gasteiger partial charge in [-0.3, -0.25) is 0 Å². The molecule has 74 valence electrons. The van der Waals surface area contributed by atoms with Gasteiger partial charge in [-0.15, -0.1) is 11.3 Å². The maximum atomic E-state index is 3.69. The maximum Gasteiger partial charge on any atom is 0.0490 e. The molecule has 1 heterocycles. The molecule has 0 radical (unpaired) electrons. The summed E-state index contributed by atoms with van der Waals surface area (Å²) < 4.78 is 2.70. The fourth-order valence-electron chi connectivity index (χ4n) is 1.78. The zero-order valence-corrected chi connectivity index (χ0v) is 10.8. The van der Waals surface area contributed by atoms with E-state index >= 15 is 0 Å². The highest BCUT2D eigenvalue weighted by atomic mass is 79.9. The summed E-state index contributed by atoms with van der Waals surface area (Å²) in [6, 6.07) is 4.56. The van der Waals surface area contributed by atoms with Crippen molar-refractivity contribution in [2.24, 2.45) is 0 Å². The van der Waals surface area contributed by atoms with Crippen molar-refractivity contribution in [3.63, 3.8) is 0 Å². The summed E-state index contributed by atoms with van der Waals surface area (Å²) in [5.41, 5.74) is 2.90. The molecule has 14 heavy (non-hydrogen) atoms. The smallest absolute Gasteiger partial charge is 0.0490 e. The normalized spacial score (nSPS) is 11.1. The maximum absolute atomic E-state index is 3.69. The number of hydrogen-bond acceptors (Lipinski definition) is 1. The standard InChI is InChI=1S/C12H13BrS/c1-3-8-7-9(4-2)11(13)12-10(8)5-6-14-12/h5-7H,3-4H2,1-2H3.